The van der Waals surface area contributed by atoms with Gasteiger partial charge in [-0.3, -0.25) is 4.79 Å². The summed E-state index contributed by atoms with van der Waals surface area (Å²) in [6.07, 6.45) is -3.45. The smallest absolute Gasteiger partial charge is 0.302 e. The van der Waals surface area contributed by atoms with Crippen LogP contribution in [0.4, 0.5) is 18.9 Å². The number of ether oxygens (including phenoxy) is 1. The summed E-state index contributed by atoms with van der Waals surface area (Å²) >= 11 is 0. The van der Waals surface area contributed by atoms with Gasteiger partial charge >= 0.3 is 6.08 Å². The number of benzene rings is 1. The van der Waals surface area contributed by atoms with Gasteiger partial charge in [-0.1, -0.05) is 0 Å². The summed E-state index contributed by atoms with van der Waals surface area (Å²) in [4.78, 5) is 11.1. The van der Waals surface area contributed by atoms with Gasteiger partial charge in [-0.05, 0) is 24.3 Å². The molecule has 1 N–H and O–H groups in total. The van der Waals surface area contributed by atoms with Crippen LogP contribution in [0.2, 0.25) is 0 Å². The third kappa shape index (κ3) is 4.18. The zero-order valence-corrected chi connectivity index (χ0v) is 8.97. The molecule has 0 saturated heterocycles. The van der Waals surface area contributed by atoms with Gasteiger partial charge in [0.15, 0.2) is 5.83 Å². The first-order valence-corrected chi connectivity index (χ1v) is 4.66. The number of amides is 1. The molecule has 0 spiro atoms. The lowest BCUT2D eigenvalue weighted by atomic mass is 10.3. The lowest BCUT2D eigenvalue weighted by molar-refractivity contribution is -0.115. The normalized spacial score (nSPS) is 9.65. The molecule has 6 heteroatoms. The van der Waals surface area contributed by atoms with Gasteiger partial charge in [0.2, 0.25) is 5.91 Å². The van der Waals surface area contributed by atoms with Gasteiger partial charge in [-0.15, -0.1) is 0 Å². The predicted octanol–water partition coefficient (Wildman–Crippen LogP) is 3.10. The van der Waals surface area contributed by atoms with Crippen molar-refractivity contribution in [3.05, 3.63) is 36.2 Å². The van der Waals surface area contributed by atoms with Crippen molar-refractivity contribution in [1.82, 2.24) is 0 Å². The number of carbonyl (C=O) groups is 1. The van der Waals surface area contributed by atoms with Crippen molar-refractivity contribution in [3.8, 4) is 5.75 Å². The number of rotatable bonds is 4. The van der Waals surface area contributed by atoms with Crippen molar-refractivity contribution in [1.29, 1.82) is 0 Å². The Morgan fingerprint density at radius 3 is 2.29 bits per heavy atom. The average Bonchev–Trinajstić information content (AvgIpc) is 2.29. The van der Waals surface area contributed by atoms with E-state index in [2.05, 4.69) is 5.32 Å². The molecule has 0 aromatic heterocycles. The van der Waals surface area contributed by atoms with Crippen LogP contribution in [0.15, 0.2) is 36.2 Å². The molecule has 92 valence electrons. The quantitative estimate of drug-likeness (QED) is 0.885. The van der Waals surface area contributed by atoms with E-state index in [4.69, 9.17) is 4.74 Å². The van der Waals surface area contributed by atoms with Gasteiger partial charge < -0.3 is 10.1 Å². The summed E-state index contributed by atoms with van der Waals surface area (Å²) in [7, 11) is 1.48. The topological polar surface area (TPSA) is 38.3 Å². The summed E-state index contributed by atoms with van der Waals surface area (Å²) in [6.45, 7) is 0. The standard InChI is InChI=1S/C11H10F3NO2/c1-17-8-4-2-7(3-5-8)15-10(16)6-9(12)11(13)14/h2-5H,6H2,1H3,(H,15,16). The minimum Gasteiger partial charge on any atom is -0.497 e. The molecule has 0 atom stereocenters. The van der Waals surface area contributed by atoms with Gasteiger partial charge in [0.1, 0.15) is 5.75 Å². The molecule has 0 saturated carbocycles. The zero-order chi connectivity index (χ0) is 12.8. The fraction of sp³-hybridized carbons (Fsp3) is 0.182. The molecule has 1 rings (SSSR count). The highest BCUT2D eigenvalue weighted by Gasteiger charge is 2.11. The van der Waals surface area contributed by atoms with Gasteiger partial charge in [0.25, 0.3) is 0 Å². The summed E-state index contributed by atoms with van der Waals surface area (Å²) < 4.78 is 40.8. The largest absolute Gasteiger partial charge is 0.497 e. The van der Waals surface area contributed by atoms with E-state index in [0.717, 1.165) is 0 Å². The molecule has 0 unspecified atom stereocenters. The summed E-state index contributed by atoms with van der Waals surface area (Å²) in [5.74, 6) is -1.99. The molecule has 0 aliphatic carbocycles. The van der Waals surface area contributed by atoms with Crippen molar-refractivity contribution in [3.63, 3.8) is 0 Å². The molecule has 0 heterocycles. The van der Waals surface area contributed by atoms with Crippen LogP contribution < -0.4 is 10.1 Å². The van der Waals surface area contributed by atoms with E-state index in [9.17, 15) is 18.0 Å². The van der Waals surface area contributed by atoms with E-state index < -0.39 is 24.2 Å². The average molecular weight is 245 g/mol. The maximum absolute atomic E-state index is 12.4. The van der Waals surface area contributed by atoms with Crippen LogP contribution in [-0.2, 0) is 4.79 Å². The first-order valence-electron chi connectivity index (χ1n) is 4.66. The molecule has 0 radical (unpaired) electrons. The number of halogens is 3. The van der Waals surface area contributed by atoms with Crippen LogP contribution in [0.25, 0.3) is 0 Å². The SMILES string of the molecule is COc1ccc(NC(=O)CC(F)=C(F)F)cc1. The summed E-state index contributed by atoms with van der Waals surface area (Å²) in [5, 5.41) is 2.28. The van der Waals surface area contributed by atoms with Crippen molar-refractivity contribution < 1.29 is 22.7 Å². The van der Waals surface area contributed by atoms with Crippen LogP contribution >= 0.6 is 0 Å². The van der Waals surface area contributed by atoms with E-state index >= 15 is 0 Å². The number of carbonyl (C=O) groups excluding carboxylic acids is 1. The lowest BCUT2D eigenvalue weighted by Crippen LogP contribution is -2.11. The van der Waals surface area contributed by atoms with E-state index in [1.54, 1.807) is 12.1 Å². The predicted molar refractivity (Wildman–Crippen MR) is 56.6 cm³/mol. The number of methoxy groups -OCH3 is 1. The van der Waals surface area contributed by atoms with E-state index in [1.165, 1.54) is 19.2 Å². The van der Waals surface area contributed by atoms with Crippen LogP contribution in [0.1, 0.15) is 6.42 Å². The van der Waals surface area contributed by atoms with Crippen molar-refractivity contribution in [2.45, 2.75) is 6.42 Å². The number of nitrogens with one attached hydrogen (secondary N) is 1. The van der Waals surface area contributed by atoms with E-state index in [1.807, 2.05) is 0 Å². The molecule has 1 amide bonds. The number of hydrogen-bond donors (Lipinski definition) is 1. The molecule has 3 nitrogen and oxygen atoms in total. The molecular weight excluding hydrogens is 235 g/mol. The number of anilines is 1. The second-order valence-electron chi connectivity index (χ2n) is 3.12. The maximum Gasteiger partial charge on any atom is 0.302 e. The third-order valence-corrected chi connectivity index (χ3v) is 1.89. The Hall–Kier alpha value is -1.98. The molecule has 0 bridgehead atoms. The zero-order valence-electron chi connectivity index (χ0n) is 8.97. The fourth-order valence-corrected chi connectivity index (χ4v) is 1.09. The fourth-order valence-electron chi connectivity index (χ4n) is 1.09. The molecule has 0 aliphatic rings. The molecule has 0 aliphatic heterocycles. The van der Waals surface area contributed by atoms with Crippen LogP contribution in [0.3, 0.4) is 0 Å². The van der Waals surface area contributed by atoms with Crippen molar-refractivity contribution >= 4 is 11.6 Å². The van der Waals surface area contributed by atoms with Crippen LogP contribution in [0.5, 0.6) is 5.75 Å². The first kappa shape index (κ1) is 13.1. The second kappa shape index (κ2) is 5.93. The van der Waals surface area contributed by atoms with Crippen LogP contribution in [-0.4, -0.2) is 13.0 Å². The highest BCUT2D eigenvalue weighted by atomic mass is 19.3. The Morgan fingerprint density at radius 1 is 1.24 bits per heavy atom. The minimum atomic E-state index is -2.48. The summed E-state index contributed by atoms with van der Waals surface area (Å²) in [5.41, 5.74) is 0.378. The van der Waals surface area contributed by atoms with Crippen molar-refractivity contribution in [2.24, 2.45) is 0 Å². The third-order valence-electron chi connectivity index (χ3n) is 1.89. The highest BCUT2D eigenvalue weighted by Crippen LogP contribution is 2.17. The van der Waals surface area contributed by atoms with Gasteiger partial charge in [-0.2, -0.15) is 8.78 Å². The van der Waals surface area contributed by atoms with E-state index in [0.29, 0.717) is 11.4 Å². The Labute approximate surface area is 95.9 Å². The Balaban J connectivity index is 2.59. The highest BCUT2D eigenvalue weighted by molar-refractivity contribution is 5.92. The van der Waals surface area contributed by atoms with Gasteiger partial charge in [0.05, 0.1) is 13.5 Å². The maximum atomic E-state index is 12.4. The monoisotopic (exact) mass is 245 g/mol. The van der Waals surface area contributed by atoms with Crippen molar-refractivity contribution in [2.75, 3.05) is 12.4 Å². The lowest BCUT2D eigenvalue weighted by Gasteiger charge is -2.05. The van der Waals surface area contributed by atoms with Gasteiger partial charge in [-0.25, -0.2) is 4.39 Å². The summed E-state index contributed by atoms with van der Waals surface area (Å²) in [6, 6.07) is 6.20. The Bertz CT molecular complexity index is 425. The second-order valence-corrected chi connectivity index (χ2v) is 3.12. The first-order chi connectivity index (χ1) is 8.02. The molecule has 1 aromatic rings. The molecule has 1 aromatic carbocycles. The molecule has 0 fully saturated rings. The Kier molecular flexibility index (Phi) is 4.56. The van der Waals surface area contributed by atoms with E-state index in [-0.39, 0.29) is 0 Å². The Morgan fingerprint density at radius 2 is 1.82 bits per heavy atom. The van der Waals surface area contributed by atoms with Gasteiger partial charge in [0, 0.05) is 5.69 Å². The molecule has 17 heavy (non-hydrogen) atoms. The van der Waals surface area contributed by atoms with Crippen LogP contribution in [0, 0.1) is 0 Å². The number of hydrogen-bond acceptors (Lipinski definition) is 2. The molecular formula is C11H10F3NO2. The minimum absolute atomic E-state index is 0.378.